The summed E-state index contributed by atoms with van der Waals surface area (Å²) >= 11 is 0. The molecule has 2 N–H and O–H groups in total. The van der Waals surface area contributed by atoms with Gasteiger partial charge in [-0.15, -0.1) is 0 Å². The standard InChI is InChI=1S/C8H16N4O2S/c1-10-15(13,14)11-8(7-9)3-5-12(2)6-4-8/h10-11H,3-6H2,1-2H3. The second kappa shape index (κ2) is 4.45. The predicted molar refractivity (Wildman–Crippen MR) is 56.2 cm³/mol. The number of nitriles is 1. The quantitative estimate of drug-likeness (QED) is 0.655. The van der Waals surface area contributed by atoms with Crippen LogP contribution in [0.25, 0.3) is 0 Å². The molecular weight excluding hydrogens is 216 g/mol. The van der Waals surface area contributed by atoms with Gasteiger partial charge in [-0.25, -0.2) is 4.72 Å². The molecule has 0 radical (unpaired) electrons. The highest BCUT2D eigenvalue weighted by atomic mass is 32.2. The number of piperidine rings is 1. The Balaban J connectivity index is 2.76. The van der Waals surface area contributed by atoms with E-state index in [0.717, 1.165) is 13.1 Å². The molecule has 0 amide bonds. The molecule has 0 unspecified atom stereocenters. The SMILES string of the molecule is CNS(=O)(=O)NC1(C#N)CCN(C)CC1. The largest absolute Gasteiger partial charge is 0.306 e. The minimum atomic E-state index is -3.55. The number of nitrogens with one attached hydrogen (secondary N) is 2. The van der Waals surface area contributed by atoms with Crippen LogP contribution in [-0.2, 0) is 10.2 Å². The van der Waals surface area contributed by atoms with Gasteiger partial charge in [-0.05, 0) is 19.9 Å². The first kappa shape index (κ1) is 12.4. The maximum absolute atomic E-state index is 11.3. The molecule has 0 aromatic carbocycles. The van der Waals surface area contributed by atoms with E-state index < -0.39 is 15.7 Å². The molecular formula is C8H16N4O2S. The first-order valence-electron chi connectivity index (χ1n) is 4.75. The second-order valence-corrected chi connectivity index (χ2v) is 5.43. The third kappa shape index (κ3) is 3.14. The lowest BCUT2D eigenvalue weighted by atomic mass is 9.91. The van der Waals surface area contributed by atoms with Gasteiger partial charge in [0.05, 0.1) is 6.07 Å². The van der Waals surface area contributed by atoms with Crippen LogP contribution in [-0.4, -0.2) is 46.0 Å². The average Bonchev–Trinajstić information content (AvgIpc) is 2.22. The van der Waals surface area contributed by atoms with Crippen molar-refractivity contribution in [2.24, 2.45) is 0 Å². The zero-order chi connectivity index (χ0) is 11.5. The Morgan fingerprint density at radius 3 is 2.33 bits per heavy atom. The van der Waals surface area contributed by atoms with Crippen molar-refractivity contribution in [1.82, 2.24) is 14.3 Å². The molecule has 0 aromatic rings. The van der Waals surface area contributed by atoms with Gasteiger partial charge >= 0.3 is 0 Å². The van der Waals surface area contributed by atoms with Crippen LogP contribution >= 0.6 is 0 Å². The van der Waals surface area contributed by atoms with E-state index in [2.05, 4.69) is 20.4 Å². The van der Waals surface area contributed by atoms with Crippen LogP contribution in [0.15, 0.2) is 0 Å². The van der Waals surface area contributed by atoms with Crippen molar-refractivity contribution >= 4 is 10.2 Å². The summed E-state index contributed by atoms with van der Waals surface area (Å²) in [7, 11) is -0.274. The molecule has 0 bridgehead atoms. The van der Waals surface area contributed by atoms with E-state index in [4.69, 9.17) is 5.26 Å². The van der Waals surface area contributed by atoms with Crippen LogP contribution in [0.4, 0.5) is 0 Å². The highest BCUT2D eigenvalue weighted by molar-refractivity contribution is 7.87. The molecule has 0 aliphatic carbocycles. The smallest absolute Gasteiger partial charge is 0.278 e. The average molecular weight is 232 g/mol. The van der Waals surface area contributed by atoms with Crippen molar-refractivity contribution in [1.29, 1.82) is 5.26 Å². The fraction of sp³-hybridized carbons (Fsp3) is 0.875. The van der Waals surface area contributed by atoms with Gasteiger partial charge < -0.3 is 4.90 Å². The lowest BCUT2D eigenvalue weighted by Crippen LogP contribution is -2.55. The van der Waals surface area contributed by atoms with Crippen molar-refractivity contribution < 1.29 is 8.42 Å². The molecule has 0 spiro atoms. The van der Waals surface area contributed by atoms with E-state index in [1.54, 1.807) is 0 Å². The zero-order valence-corrected chi connectivity index (χ0v) is 9.76. The second-order valence-electron chi connectivity index (χ2n) is 3.81. The number of rotatable bonds is 3. The summed E-state index contributed by atoms with van der Waals surface area (Å²) in [5.74, 6) is 0. The Kier molecular flexibility index (Phi) is 3.67. The zero-order valence-electron chi connectivity index (χ0n) is 8.95. The van der Waals surface area contributed by atoms with E-state index in [1.807, 2.05) is 7.05 Å². The third-order valence-corrected chi connectivity index (χ3v) is 3.85. The maximum Gasteiger partial charge on any atom is 0.278 e. The molecule has 1 aliphatic heterocycles. The molecule has 1 fully saturated rings. The van der Waals surface area contributed by atoms with E-state index in [0.29, 0.717) is 12.8 Å². The van der Waals surface area contributed by atoms with Crippen molar-refractivity contribution in [3.8, 4) is 6.07 Å². The Hall–Kier alpha value is -0.680. The number of nitrogens with zero attached hydrogens (tertiary/aromatic N) is 2. The van der Waals surface area contributed by atoms with Gasteiger partial charge in [0.25, 0.3) is 10.2 Å². The van der Waals surface area contributed by atoms with E-state index in [-0.39, 0.29) is 0 Å². The topological polar surface area (TPSA) is 85.2 Å². The van der Waals surface area contributed by atoms with E-state index in [1.165, 1.54) is 7.05 Å². The molecule has 0 saturated carbocycles. The summed E-state index contributed by atoms with van der Waals surface area (Å²) in [6.07, 6.45) is 1.03. The van der Waals surface area contributed by atoms with Crippen molar-refractivity contribution in [3.05, 3.63) is 0 Å². The molecule has 6 nitrogen and oxygen atoms in total. The Bertz CT molecular complexity index is 351. The monoisotopic (exact) mass is 232 g/mol. The van der Waals surface area contributed by atoms with E-state index in [9.17, 15) is 8.42 Å². The number of hydrogen-bond acceptors (Lipinski definition) is 4. The maximum atomic E-state index is 11.3. The van der Waals surface area contributed by atoms with Crippen molar-refractivity contribution in [2.45, 2.75) is 18.4 Å². The Morgan fingerprint density at radius 2 is 1.93 bits per heavy atom. The lowest BCUT2D eigenvalue weighted by Gasteiger charge is -2.35. The van der Waals surface area contributed by atoms with E-state index >= 15 is 0 Å². The van der Waals surface area contributed by atoms with Crippen LogP contribution < -0.4 is 9.44 Å². The lowest BCUT2D eigenvalue weighted by molar-refractivity contribution is 0.213. The van der Waals surface area contributed by atoms with Gasteiger partial charge in [-0.1, -0.05) is 0 Å². The molecule has 0 aromatic heterocycles. The van der Waals surface area contributed by atoms with Crippen molar-refractivity contribution in [3.63, 3.8) is 0 Å². The van der Waals surface area contributed by atoms with Crippen LogP contribution in [0.2, 0.25) is 0 Å². The summed E-state index contributed by atoms with van der Waals surface area (Å²) in [4.78, 5) is 2.07. The first-order valence-corrected chi connectivity index (χ1v) is 6.24. The first-order chi connectivity index (χ1) is 6.93. The Labute approximate surface area is 90.4 Å². The van der Waals surface area contributed by atoms with Crippen molar-refractivity contribution in [2.75, 3.05) is 27.2 Å². The molecule has 1 saturated heterocycles. The van der Waals surface area contributed by atoms with Crippen LogP contribution in [0.3, 0.4) is 0 Å². The highest BCUT2D eigenvalue weighted by Gasteiger charge is 2.37. The summed E-state index contributed by atoms with van der Waals surface area (Å²) in [5.41, 5.74) is -0.950. The predicted octanol–water partition coefficient (Wildman–Crippen LogP) is -0.972. The summed E-state index contributed by atoms with van der Waals surface area (Å²) in [6, 6.07) is 2.07. The molecule has 86 valence electrons. The van der Waals surface area contributed by atoms with Crippen LogP contribution in [0.1, 0.15) is 12.8 Å². The van der Waals surface area contributed by atoms with Gasteiger partial charge in [0, 0.05) is 20.1 Å². The Morgan fingerprint density at radius 1 is 1.40 bits per heavy atom. The fourth-order valence-electron chi connectivity index (χ4n) is 1.55. The van der Waals surface area contributed by atoms with Gasteiger partial charge in [-0.3, -0.25) is 0 Å². The van der Waals surface area contributed by atoms with Gasteiger partial charge in [0.15, 0.2) is 0 Å². The number of hydrogen-bond donors (Lipinski definition) is 2. The minimum absolute atomic E-state index is 0.515. The fourth-order valence-corrected chi connectivity index (χ4v) is 2.41. The number of likely N-dealkylation sites (tertiary alicyclic amines) is 1. The van der Waals surface area contributed by atoms with Gasteiger partial charge in [-0.2, -0.15) is 18.4 Å². The highest BCUT2D eigenvalue weighted by Crippen LogP contribution is 2.21. The van der Waals surface area contributed by atoms with Crippen LogP contribution in [0, 0.1) is 11.3 Å². The normalized spacial score (nSPS) is 22.2. The molecule has 7 heteroatoms. The van der Waals surface area contributed by atoms with Crippen LogP contribution in [0.5, 0.6) is 0 Å². The minimum Gasteiger partial charge on any atom is -0.306 e. The molecule has 1 heterocycles. The molecule has 15 heavy (non-hydrogen) atoms. The summed E-state index contributed by atoms with van der Waals surface area (Å²) in [5, 5.41) is 9.06. The van der Waals surface area contributed by atoms with Gasteiger partial charge in [0.2, 0.25) is 0 Å². The van der Waals surface area contributed by atoms with Gasteiger partial charge in [0.1, 0.15) is 5.54 Å². The molecule has 1 aliphatic rings. The summed E-state index contributed by atoms with van der Waals surface area (Å²) < 4.78 is 27.2. The molecule has 1 rings (SSSR count). The molecule has 0 atom stereocenters. The third-order valence-electron chi connectivity index (χ3n) is 2.65. The summed E-state index contributed by atoms with van der Waals surface area (Å²) in [6.45, 7) is 1.44.